The molecule has 36 heavy (non-hydrogen) atoms. The molecular weight excluding hydrogens is 511 g/mol. The van der Waals surface area contributed by atoms with E-state index in [2.05, 4.69) is 10.1 Å². The number of aryl methyl sites for hydroxylation is 2. The third-order valence-electron chi connectivity index (χ3n) is 4.65. The molecule has 0 fully saturated rings. The number of halogens is 5. The predicted molar refractivity (Wildman–Crippen MR) is 124 cm³/mol. The fourth-order valence-electron chi connectivity index (χ4n) is 2.71. The average Bonchev–Trinajstić information content (AvgIpc) is 3.42. The molecule has 15 heteroatoms. The second-order valence-electron chi connectivity index (χ2n) is 7.45. The van der Waals surface area contributed by atoms with E-state index in [1.165, 1.54) is 10.9 Å². The Bertz CT molecular complexity index is 1240. The van der Waals surface area contributed by atoms with Gasteiger partial charge in [0.1, 0.15) is 12.1 Å². The molecule has 3 rings (SSSR count). The van der Waals surface area contributed by atoms with Crippen molar-refractivity contribution >= 4 is 23.1 Å². The lowest BCUT2D eigenvalue weighted by molar-refractivity contribution is -0.192. The number of alkyl halides is 3. The summed E-state index contributed by atoms with van der Waals surface area (Å²) in [6.07, 6.45) is -3.11. The molecule has 0 spiro atoms. The SMILES string of the molecule is CN(C)c1ccc(-c2ccc(CCn3cnn(CC(CN)=C(F)F)c3=O)s2)cn1.O=C(O)C(F)(F)F. The van der Waals surface area contributed by atoms with Gasteiger partial charge < -0.3 is 15.7 Å². The number of thiophene rings is 1. The first kappa shape index (κ1) is 28.6. The molecule has 0 saturated heterocycles. The van der Waals surface area contributed by atoms with E-state index < -0.39 is 23.9 Å². The fourth-order valence-corrected chi connectivity index (χ4v) is 3.70. The number of pyridine rings is 1. The molecule has 0 aromatic carbocycles. The fraction of sp³-hybridized carbons (Fsp3) is 0.333. The van der Waals surface area contributed by atoms with Crippen LogP contribution in [-0.2, 0) is 24.3 Å². The Kier molecular flexibility index (Phi) is 9.86. The van der Waals surface area contributed by atoms with Gasteiger partial charge in [-0.25, -0.2) is 19.3 Å². The highest BCUT2D eigenvalue weighted by Crippen LogP contribution is 2.28. The molecule has 0 unspecified atom stereocenters. The van der Waals surface area contributed by atoms with Gasteiger partial charge in [-0.2, -0.15) is 27.1 Å². The van der Waals surface area contributed by atoms with Gasteiger partial charge in [0.25, 0.3) is 6.08 Å². The van der Waals surface area contributed by atoms with Crippen LogP contribution in [0.25, 0.3) is 10.4 Å². The number of hydrogen-bond donors (Lipinski definition) is 2. The summed E-state index contributed by atoms with van der Waals surface area (Å²) in [6.45, 7) is -0.204. The van der Waals surface area contributed by atoms with E-state index in [-0.39, 0.29) is 18.7 Å². The minimum atomic E-state index is -5.08. The zero-order valence-electron chi connectivity index (χ0n) is 19.2. The van der Waals surface area contributed by atoms with Crippen LogP contribution in [0, 0.1) is 0 Å². The molecular formula is C21H23F5N6O3S. The number of nitrogens with two attached hydrogens (primary N) is 1. The predicted octanol–water partition coefficient (Wildman–Crippen LogP) is 3.22. The van der Waals surface area contributed by atoms with Gasteiger partial charge in [-0.15, -0.1) is 11.3 Å². The zero-order chi connectivity index (χ0) is 27.0. The van der Waals surface area contributed by atoms with Gasteiger partial charge in [-0.3, -0.25) is 4.57 Å². The summed E-state index contributed by atoms with van der Waals surface area (Å²) in [5.74, 6) is -1.87. The van der Waals surface area contributed by atoms with Crippen LogP contribution in [-0.4, -0.2) is 57.2 Å². The van der Waals surface area contributed by atoms with E-state index in [0.717, 1.165) is 25.8 Å². The summed E-state index contributed by atoms with van der Waals surface area (Å²) in [7, 11) is 3.88. The number of carboxylic acids is 1. The van der Waals surface area contributed by atoms with E-state index in [1.807, 2.05) is 49.5 Å². The van der Waals surface area contributed by atoms with Crippen molar-refractivity contribution in [2.45, 2.75) is 25.7 Å². The molecule has 3 heterocycles. The first-order valence-corrected chi connectivity index (χ1v) is 11.0. The second-order valence-corrected chi connectivity index (χ2v) is 8.62. The van der Waals surface area contributed by atoms with Gasteiger partial charge in [0.15, 0.2) is 0 Å². The molecule has 3 N–H and O–H groups in total. The minimum Gasteiger partial charge on any atom is -0.475 e. The van der Waals surface area contributed by atoms with E-state index in [9.17, 15) is 26.7 Å². The molecule has 0 aliphatic heterocycles. The quantitative estimate of drug-likeness (QED) is 0.426. The number of carbonyl (C=O) groups is 1. The Balaban J connectivity index is 0.000000572. The number of nitrogens with zero attached hydrogens (tertiary/aromatic N) is 5. The number of carboxylic acid groups (broad SMARTS) is 1. The summed E-state index contributed by atoms with van der Waals surface area (Å²) in [6, 6.07) is 8.04. The Morgan fingerprint density at radius 2 is 1.86 bits per heavy atom. The third kappa shape index (κ3) is 7.98. The normalized spacial score (nSPS) is 11.0. The summed E-state index contributed by atoms with van der Waals surface area (Å²) < 4.78 is 59.6. The van der Waals surface area contributed by atoms with Crippen LogP contribution < -0.4 is 16.3 Å². The topological polar surface area (TPSA) is 119 Å². The monoisotopic (exact) mass is 534 g/mol. The summed E-state index contributed by atoms with van der Waals surface area (Å²) in [4.78, 5) is 29.8. The maximum Gasteiger partial charge on any atom is 0.490 e. The van der Waals surface area contributed by atoms with Crippen molar-refractivity contribution in [3.8, 4) is 10.4 Å². The van der Waals surface area contributed by atoms with Gasteiger partial charge >= 0.3 is 17.8 Å². The molecule has 0 bridgehead atoms. The molecule has 0 aliphatic carbocycles. The third-order valence-corrected chi connectivity index (χ3v) is 5.84. The maximum absolute atomic E-state index is 12.7. The van der Waals surface area contributed by atoms with Crippen LogP contribution in [0.1, 0.15) is 4.88 Å². The lowest BCUT2D eigenvalue weighted by Crippen LogP contribution is -2.27. The highest BCUT2D eigenvalue weighted by atomic mass is 32.1. The molecule has 0 atom stereocenters. The Labute approximate surface area is 205 Å². The van der Waals surface area contributed by atoms with Gasteiger partial charge in [0.2, 0.25) is 0 Å². The summed E-state index contributed by atoms with van der Waals surface area (Å²) in [5.41, 5.74) is 5.60. The molecule has 0 amide bonds. The lowest BCUT2D eigenvalue weighted by Gasteiger charge is -2.10. The van der Waals surface area contributed by atoms with Crippen molar-refractivity contribution in [3.05, 3.63) is 63.8 Å². The number of anilines is 1. The number of aromatic nitrogens is 4. The number of aliphatic carboxylic acids is 1. The van der Waals surface area contributed by atoms with Crippen LogP contribution in [0.15, 0.2) is 53.2 Å². The average molecular weight is 535 g/mol. The highest BCUT2D eigenvalue weighted by molar-refractivity contribution is 7.15. The molecule has 196 valence electrons. The van der Waals surface area contributed by atoms with E-state index in [0.29, 0.717) is 13.0 Å². The van der Waals surface area contributed by atoms with E-state index >= 15 is 0 Å². The first-order valence-electron chi connectivity index (χ1n) is 10.2. The van der Waals surface area contributed by atoms with Crippen molar-refractivity contribution in [2.75, 3.05) is 25.5 Å². The summed E-state index contributed by atoms with van der Waals surface area (Å²) >= 11 is 1.63. The number of hydrogen-bond acceptors (Lipinski definition) is 7. The first-order chi connectivity index (χ1) is 16.8. The number of rotatable bonds is 8. The van der Waals surface area contributed by atoms with Gasteiger partial charge in [0, 0.05) is 54.3 Å². The molecule has 0 radical (unpaired) electrons. The van der Waals surface area contributed by atoms with Gasteiger partial charge in [0.05, 0.1) is 6.54 Å². The minimum absolute atomic E-state index is 0.297. The van der Waals surface area contributed by atoms with E-state index in [1.54, 1.807) is 11.3 Å². The van der Waals surface area contributed by atoms with Crippen LogP contribution in [0.4, 0.5) is 27.8 Å². The van der Waals surface area contributed by atoms with Crippen molar-refractivity contribution in [3.63, 3.8) is 0 Å². The van der Waals surface area contributed by atoms with Crippen molar-refractivity contribution < 1.29 is 31.9 Å². The Hall–Kier alpha value is -3.59. The van der Waals surface area contributed by atoms with Gasteiger partial charge in [-0.1, -0.05) is 0 Å². The standard InChI is InChI=1S/C19H22F2N6OS.C2HF3O2/c1-25(2)17-6-3-13(10-23-17)16-5-4-15(29-16)7-8-26-12-24-27(19(26)28)11-14(9-22)18(20)21;3-2(4,5)1(6)7/h3-6,10,12H,7-9,11,22H2,1-2H3;(H,6,7). The Morgan fingerprint density at radius 3 is 2.36 bits per heavy atom. The maximum atomic E-state index is 12.7. The van der Waals surface area contributed by atoms with Crippen LogP contribution in [0.3, 0.4) is 0 Å². The van der Waals surface area contributed by atoms with Gasteiger partial charge in [-0.05, 0) is 30.7 Å². The van der Waals surface area contributed by atoms with Crippen LogP contribution >= 0.6 is 11.3 Å². The largest absolute Gasteiger partial charge is 0.490 e. The summed E-state index contributed by atoms with van der Waals surface area (Å²) in [5, 5.41) is 11.0. The highest BCUT2D eigenvalue weighted by Gasteiger charge is 2.38. The van der Waals surface area contributed by atoms with Crippen LogP contribution in [0.2, 0.25) is 0 Å². The zero-order valence-corrected chi connectivity index (χ0v) is 20.0. The molecule has 3 aromatic heterocycles. The van der Waals surface area contributed by atoms with Crippen molar-refractivity contribution in [1.29, 1.82) is 0 Å². The smallest absolute Gasteiger partial charge is 0.475 e. The van der Waals surface area contributed by atoms with Crippen LogP contribution in [0.5, 0.6) is 0 Å². The molecule has 9 nitrogen and oxygen atoms in total. The second kappa shape index (κ2) is 12.4. The van der Waals surface area contributed by atoms with E-state index in [4.69, 9.17) is 15.6 Å². The van der Waals surface area contributed by atoms with Crippen molar-refractivity contribution in [2.24, 2.45) is 5.73 Å². The van der Waals surface area contributed by atoms with Crippen molar-refractivity contribution in [1.82, 2.24) is 19.3 Å². The lowest BCUT2D eigenvalue weighted by atomic mass is 10.2. The molecule has 0 saturated carbocycles. The molecule has 3 aromatic rings. The molecule has 0 aliphatic rings. The Morgan fingerprint density at radius 1 is 1.19 bits per heavy atom.